The molecule has 2 heterocycles. The highest BCUT2D eigenvalue weighted by Gasteiger charge is 2.32. The van der Waals surface area contributed by atoms with Crippen molar-refractivity contribution in [3.63, 3.8) is 0 Å². The van der Waals surface area contributed by atoms with Crippen molar-refractivity contribution in [1.29, 1.82) is 0 Å². The summed E-state index contributed by atoms with van der Waals surface area (Å²) in [6.45, 7) is 3.45. The van der Waals surface area contributed by atoms with E-state index in [-0.39, 0.29) is 0 Å². The van der Waals surface area contributed by atoms with E-state index in [1.54, 1.807) is 4.68 Å². The molecular formula is C18H19N3O2. The van der Waals surface area contributed by atoms with Crippen molar-refractivity contribution in [3.8, 4) is 22.8 Å². The van der Waals surface area contributed by atoms with Crippen LogP contribution < -0.4 is 9.58 Å². The van der Waals surface area contributed by atoms with Crippen LogP contribution in [0.5, 0.6) is 11.5 Å². The number of benzene rings is 2. The van der Waals surface area contributed by atoms with Gasteiger partial charge in [-0.3, -0.25) is 0 Å². The maximum Gasteiger partial charge on any atom is 0.266 e. The molecule has 0 aliphatic carbocycles. The molecule has 0 saturated heterocycles. The third kappa shape index (κ3) is 2.00. The molecule has 2 aromatic carbocycles. The molecule has 118 valence electrons. The Morgan fingerprint density at radius 3 is 2.74 bits per heavy atom. The molecule has 5 nitrogen and oxygen atoms in total. The summed E-state index contributed by atoms with van der Waals surface area (Å²) in [5.41, 5.74) is 3.51. The van der Waals surface area contributed by atoms with Crippen LogP contribution in [-0.4, -0.2) is 30.2 Å². The Labute approximate surface area is 134 Å². The van der Waals surface area contributed by atoms with Gasteiger partial charge in [0.05, 0.1) is 12.1 Å². The van der Waals surface area contributed by atoms with Crippen molar-refractivity contribution in [2.45, 2.75) is 13.5 Å². The van der Waals surface area contributed by atoms with Gasteiger partial charge in [-0.05, 0) is 44.8 Å². The van der Waals surface area contributed by atoms with Crippen LogP contribution in [0.2, 0.25) is 0 Å². The molecule has 0 radical (unpaired) electrons. The number of hydrogen-bond acceptors (Lipinski definition) is 3. The summed E-state index contributed by atoms with van der Waals surface area (Å²) in [7, 11) is 4.02. The number of aryl methyl sites for hydroxylation is 1. The number of likely N-dealkylation sites (N-methyl/N-ethyl adjacent to an activating group) is 1. The van der Waals surface area contributed by atoms with E-state index in [0.29, 0.717) is 12.2 Å². The molecule has 0 spiro atoms. The molecule has 0 atom stereocenters. The summed E-state index contributed by atoms with van der Waals surface area (Å²) < 4.78 is 7.89. The van der Waals surface area contributed by atoms with Crippen molar-refractivity contribution in [3.05, 3.63) is 47.2 Å². The minimum atomic E-state index is 0.637. The number of fused-ring (bicyclic) bond motifs is 2. The first kappa shape index (κ1) is 14.1. The molecular weight excluding hydrogens is 290 g/mol. The minimum Gasteiger partial charge on any atom is -0.595 e. The van der Waals surface area contributed by atoms with Gasteiger partial charge < -0.3 is 14.8 Å². The molecule has 1 aromatic heterocycles. The third-order valence-corrected chi connectivity index (χ3v) is 4.37. The minimum absolute atomic E-state index is 0.637. The van der Waals surface area contributed by atoms with Crippen LogP contribution in [0, 0.1) is 12.1 Å². The Morgan fingerprint density at radius 1 is 1.17 bits per heavy atom. The quantitative estimate of drug-likeness (QED) is 0.432. The lowest BCUT2D eigenvalue weighted by atomic mass is 10.0. The summed E-state index contributed by atoms with van der Waals surface area (Å²) in [5, 5.41) is 13.9. The number of para-hydroxylation sites is 1. The van der Waals surface area contributed by atoms with Crippen LogP contribution in [0.25, 0.3) is 22.2 Å². The lowest BCUT2D eigenvalue weighted by Gasteiger charge is -2.16. The highest BCUT2D eigenvalue weighted by Crippen LogP contribution is 2.46. The molecule has 23 heavy (non-hydrogen) atoms. The summed E-state index contributed by atoms with van der Waals surface area (Å²) >= 11 is 0. The Kier molecular flexibility index (Phi) is 3.06. The Hall–Kier alpha value is -2.53. The van der Waals surface area contributed by atoms with Crippen LogP contribution in [0.4, 0.5) is 0 Å². The first-order valence-corrected chi connectivity index (χ1v) is 7.75. The fourth-order valence-corrected chi connectivity index (χ4v) is 3.17. The van der Waals surface area contributed by atoms with E-state index >= 15 is 0 Å². The predicted octanol–water partition coefficient (Wildman–Crippen LogP) is 2.92. The molecule has 0 N–H and O–H groups in total. The maximum absolute atomic E-state index is 13.0. The van der Waals surface area contributed by atoms with E-state index in [1.807, 2.05) is 57.4 Å². The van der Waals surface area contributed by atoms with Crippen LogP contribution in [0.1, 0.15) is 5.56 Å². The monoisotopic (exact) mass is 309 g/mol. The fraction of sp³-hybridized carbons (Fsp3) is 0.278. The molecule has 0 bridgehead atoms. The summed E-state index contributed by atoms with van der Waals surface area (Å²) in [6.07, 6.45) is 0. The van der Waals surface area contributed by atoms with E-state index in [0.717, 1.165) is 44.9 Å². The lowest BCUT2D eigenvalue weighted by Crippen LogP contribution is -2.40. The van der Waals surface area contributed by atoms with E-state index < -0.39 is 0 Å². The molecule has 1 aliphatic rings. The van der Waals surface area contributed by atoms with E-state index in [9.17, 15) is 5.21 Å². The number of nitrogens with zero attached hydrogens (tertiary/aromatic N) is 3. The molecule has 0 amide bonds. The highest BCUT2D eigenvalue weighted by molar-refractivity contribution is 6.00. The number of hydrogen-bond donors (Lipinski definition) is 0. The smallest absolute Gasteiger partial charge is 0.266 e. The second kappa shape index (κ2) is 4.99. The molecule has 0 unspecified atom stereocenters. The van der Waals surface area contributed by atoms with Crippen molar-refractivity contribution in [2.75, 3.05) is 20.6 Å². The van der Waals surface area contributed by atoms with E-state index in [4.69, 9.17) is 4.74 Å². The fourth-order valence-electron chi connectivity index (χ4n) is 3.17. The highest BCUT2D eigenvalue weighted by atomic mass is 16.5. The molecule has 5 heteroatoms. The second-order valence-electron chi connectivity index (χ2n) is 6.25. The average Bonchev–Trinajstić information content (AvgIpc) is 2.82. The van der Waals surface area contributed by atoms with E-state index in [2.05, 4.69) is 4.90 Å². The Balaban J connectivity index is 2.03. The van der Waals surface area contributed by atoms with Gasteiger partial charge in [0.1, 0.15) is 22.4 Å². The SMILES string of the molecule is Cc1ccc2c3c1Oc1ccccc1-c3[n+]([O-])n2CCN(C)C. The number of aromatic nitrogens is 2. The average molecular weight is 309 g/mol. The Morgan fingerprint density at radius 2 is 1.96 bits per heavy atom. The summed E-state index contributed by atoms with van der Waals surface area (Å²) in [6, 6.07) is 11.7. The summed E-state index contributed by atoms with van der Waals surface area (Å²) in [5.74, 6) is 1.54. The molecule has 0 fully saturated rings. The van der Waals surface area contributed by atoms with Gasteiger partial charge in [-0.2, -0.15) is 0 Å². The normalized spacial score (nSPS) is 12.5. The van der Waals surface area contributed by atoms with Gasteiger partial charge in [-0.25, -0.2) is 0 Å². The van der Waals surface area contributed by atoms with Crippen LogP contribution in [0.15, 0.2) is 36.4 Å². The first-order chi connectivity index (χ1) is 11.1. The van der Waals surface area contributed by atoms with Gasteiger partial charge in [-0.15, -0.1) is 4.68 Å². The Bertz CT molecular complexity index is 912. The molecule has 1 aliphatic heterocycles. The lowest BCUT2D eigenvalue weighted by molar-refractivity contribution is -0.681. The van der Waals surface area contributed by atoms with Gasteiger partial charge >= 0.3 is 0 Å². The van der Waals surface area contributed by atoms with Crippen molar-refractivity contribution >= 4 is 10.9 Å². The van der Waals surface area contributed by atoms with Crippen LogP contribution in [-0.2, 0) is 6.54 Å². The summed E-state index contributed by atoms with van der Waals surface area (Å²) in [4.78, 5) is 3.10. The van der Waals surface area contributed by atoms with Gasteiger partial charge in [0.15, 0.2) is 0 Å². The zero-order valence-corrected chi connectivity index (χ0v) is 13.5. The van der Waals surface area contributed by atoms with Gasteiger partial charge in [-0.1, -0.05) is 23.0 Å². The molecule has 4 rings (SSSR count). The van der Waals surface area contributed by atoms with Gasteiger partial charge in [0.2, 0.25) is 0 Å². The zero-order valence-electron chi connectivity index (χ0n) is 13.5. The predicted molar refractivity (Wildman–Crippen MR) is 89.7 cm³/mol. The largest absolute Gasteiger partial charge is 0.595 e. The van der Waals surface area contributed by atoms with Crippen molar-refractivity contribution < 1.29 is 9.58 Å². The maximum atomic E-state index is 13.0. The van der Waals surface area contributed by atoms with Crippen molar-refractivity contribution in [2.24, 2.45) is 0 Å². The van der Waals surface area contributed by atoms with E-state index in [1.165, 1.54) is 0 Å². The molecule has 0 saturated carbocycles. The topological polar surface area (TPSA) is 44.3 Å². The zero-order chi connectivity index (χ0) is 16.1. The number of ether oxygens (including phenoxy) is 1. The molecule has 3 aromatic rings. The van der Waals surface area contributed by atoms with Crippen molar-refractivity contribution in [1.82, 2.24) is 9.58 Å². The second-order valence-corrected chi connectivity index (χ2v) is 6.25. The standard InChI is InChI=1S/C18H19N3O2/c1-12-8-9-14-16-17(21(22)20(14)11-10-19(2)3)13-6-4-5-7-15(13)23-18(12)16/h4-9H,10-11H2,1-3H3. The number of rotatable bonds is 3. The van der Waals surface area contributed by atoms with Crippen LogP contribution in [0.3, 0.4) is 0 Å². The van der Waals surface area contributed by atoms with Gasteiger partial charge in [0.25, 0.3) is 5.69 Å². The van der Waals surface area contributed by atoms with Crippen LogP contribution >= 0.6 is 0 Å². The van der Waals surface area contributed by atoms with Gasteiger partial charge in [0, 0.05) is 6.54 Å². The first-order valence-electron chi connectivity index (χ1n) is 7.75. The third-order valence-electron chi connectivity index (χ3n) is 4.37.